The van der Waals surface area contributed by atoms with Crippen LogP contribution in [-0.2, 0) is 9.53 Å². The number of hydrogen-bond donors (Lipinski definition) is 0. The van der Waals surface area contributed by atoms with Crippen LogP contribution < -0.4 is 4.74 Å². The standard InChI is InChI=1S/C19H22O4/c1-15-7-6-9-17(14-21)19(15)23-12-5-4-11-22-18-10-3-2-8-16(18)13-20/h2-3,6,8-10,13-15H,4-5,7,11-12H2,1H3. The molecular weight excluding hydrogens is 292 g/mol. The van der Waals surface area contributed by atoms with Gasteiger partial charge in [-0.25, -0.2) is 0 Å². The van der Waals surface area contributed by atoms with E-state index in [2.05, 4.69) is 6.92 Å². The molecule has 1 aromatic rings. The van der Waals surface area contributed by atoms with E-state index >= 15 is 0 Å². The Morgan fingerprint density at radius 1 is 1.09 bits per heavy atom. The maximum Gasteiger partial charge on any atom is 0.153 e. The smallest absolute Gasteiger partial charge is 0.153 e. The molecule has 0 heterocycles. The first-order chi connectivity index (χ1) is 11.3. The summed E-state index contributed by atoms with van der Waals surface area (Å²) in [6, 6.07) is 7.17. The summed E-state index contributed by atoms with van der Waals surface area (Å²) in [5.41, 5.74) is 1.20. The van der Waals surface area contributed by atoms with Crippen LogP contribution in [0.25, 0.3) is 0 Å². The third-order valence-corrected chi connectivity index (χ3v) is 3.75. The zero-order chi connectivity index (χ0) is 16.5. The first-order valence-corrected chi connectivity index (χ1v) is 7.92. The van der Waals surface area contributed by atoms with Crippen molar-refractivity contribution in [3.63, 3.8) is 0 Å². The van der Waals surface area contributed by atoms with Gasteiger partial charge in [0, 0.05) is 5.92 Å². The lowest BCUT2D eigenvalue weighted by Gasteiger charge is -2.20. The Balaban J connectivity index is 1.72. The summed E-state index contributed by atoms with van der Waals surface area (Å²) in [6.45, 7) is 3.15. The van der Waals surface area contributed by atoms with Crippen molar-refractivity contribution in [2.24, 2.45) is 5.92 Å². The summed E-state index contributed by atoms with van der Waals surface area (Å²) < 4.78 is 11.4. The second-order valence-corrected chi connectivity index (χ2v) is 5.54. The Labute approximate surface area is 136 Å². The van der Waals surface area contributed by atoms with Crippen molar-refractivity contribution < 1.29 is 19.1 Å². The van der Waals surface area contributed by atoms with Gasteiger partial charge in [0.1, 0.15) is 11.5 Å². The highest BCUT2D eigenvalue weighted by molar-refractivity contribution is 5.79. The van der Waals surface area contributed by atoms with E-state index in [4.69, 9.17) is 9.47 Å². The fourth-order valence-electron chi connectivity index (χ4n) is 2.47. The summed E-state index contributed by atoms with van der Waals surface area (Å²) in [5.74, 6) is 1.64. The van der Waals surface area contributed by atoms with Gasteiger partial charge >= 0.3 is 0 Å². The summed E-state index contributed by atoms with van der Waals surface area (Å²) in [7, 11) is 0. The van der Waals surface area contributed by atoms with E-state index in [0.29, 0.717) is 30.1 Å². The molecule has 0 fully saturated rings. The highest BCUT2D eigenvalue weighted by atomic mass is 16.5. The number of carbonyl (C=O) groups excluding carboxylic acids is 2. The summed E-state index contributed by atoms with van der Waals surface area (Å²) in [6.07, 6.45) is 8.01. The minimum Gasteiger partial charge on any atom is -0.497 e. The van der Waals surface area contributed by atoms with Crippen LogP contribution in [0.1, 0.15) is 36.5 Å². The molecule has 0 radical (unpaired) electrons. The molecule has 1 aliphatic rings. The van der Waals surface area contributed by atoms with Crippen LogP contribution in [0.5, 0.6) is 5.75 Å². The van der Waals surface area contributed by atoms with E-state index in [-0.39, 0.29) is 5.92 Å². The van der Waals surface area contributed by atoms with Gasteiger partial charge in [0.05, 0.1) is 24.4 Å². The first-order valence-electron chi connectivity index (χ1n) is 7.92. The normalized spacial score (nSPS) is 17.0. The van der Waals surface area contributed by atoms with Crippen molar-refractivity contribution >= 4 is 12.6 Å². The largest absolute Gasteiger partial charge is 0.497 e. The van der Waals surface area contributed by atoms with Gasteiger partial charge in [-0.05, 0) is 31.4 Å². The van der Waals surface area contributed by atoms with Crippen molar-refractivity contribution in [3.05, 3.63) is 53.3 Å². The molecule has 0 bridgehead atoms. The van der Waals surface area contributed by atoms with Gasteiger partial charge < -0.3 is 9.47 Å². The fourth-order valence-corrected chi connectivity index (χ4v) is 2.47. The number of para-hydroxylation sites is 1. The second kappa shape index (κ2) is 8.93. The quantitative estimate of drug-likeness (QED) is 0.515. The first kappa shape index (κ1) is 17.0. The molecule has 4 heteroatoms. The van der Waals surface area contributed by atoms with E-state index in [1.54, 1.807) is 12.1 Å². The van der Waals surface area contributed by atoms with Crippen LogP contribution in [-0.4, -0.2) is 25.8 Å². The molecule has 0 N–H and O–H groups in total. The van der Waals surface area contributed by atoms with Gasteiger partial charge in [-0.2, -0.15) is 0 Å². The molecule has 0 spiro atoms. The zero-order valence-electron chi connectivity index (χ0n) is 13.4. The van der Waals surface area contributed by atoms with Crippen molar-refractivity contribution in [1.82, 2.24) is 0 Å². The topological polar surface area (TPSA) is 52.6 Å². The molecule has 23 heavy (non-hydrogen) atoms. The number of allylic oxidation sites excluding steroid dienone is 4. The summed E-state index contributed by atoms with van der Waals surface area (Å²) in [4.78, 5) is 21.9. The van der Waals surface area contributed by atoms with Gasteiger partial charge in [-0.3, -0.25) is 9.59 Å². The monoisotopic (exact) mass is 314 g/mol. The molecule has 0 saturated carbocycles. The van der Waals surface area contributed by atoms with Gasteiger partial charge in [0.25, 0.3) is 0 Å². The van der Waals surface area contributed by atoms with Crippen LogP contribution >= 0.6 is 0 Å². The third kappa shape index (κ3) is 4.81. The highest BCUT2D eigenvalue weighted by Gasteiger charge is 2.16. The van der Waals surface area contributed by atoms with E-state index < -0.39 is 0 Å². The second-order valence-electron chi connectivity index (χ2n) is 5.54. The van der Waals surface area contributed by atoms with Crippen molar-refractivity contribution in [3.8, 4) is 5.75 Å². The average Bonchev–Trinajstić information content (AvgIpc) is 2.59. The van der Waals surface area contributed by atoms with Crippen LogP contribution in [0, 0.1) is 5.92 Å². The third-order valence-electron chi connectivity index (χ3n) is 3.75. The molecule has 122 valence electrons. The van der Waals surface area contributed by atoms with Gasteiger partial charge in [-0.15, -0.1) is 0 Å². The average molecular weight is 314 g/mol. The lowest BCUT2D eigenvalue weighted by molar-refractivity contribution is -0.104. The van der Waals surface area contributed by atoms with E-state index in [9.17, 15) is 9.59 Å². The van der Waals surface area contributed by atoms with Gasteiger partial charge in [-0.1, -0.05) is 31.2 Å². The molecule has 0 aromatic heterocycles. The molecular formula is C19H22O4. The van der Waals surface area contributed by atoms with Gasteiger partial charge in [0.2, 0.25) is 0 Å². The predicted octanol–water partition coefficient (Wildman–Crippen LogP) is 3.72. The zero-order valence-corrected chi connectivity index (χ0v) is 13.4. The Morgan fingerprint density at radius 2 is 1.83 bits per heavy atom. The Kier molecular flexibility index (Phi) is 6.60. The number of aldehydes is 2. The number of rotatable bonds is 9. The maximum atomic E-state index is 11.0. The Hall–Kier alpha value is -2.36. The van der Waals surface area contributed by atoms with Gasteiger partial charge in [0.15, 0.2) is 12.6 Å². The van der Waals surface area contributed by atoms with Crippen LogP contribution in [0.3, 0.4) is 0 Å². The molecule has 1 atom stereocenters. The molecule has 1 unspecified atom stereocenters. The fraction of sp³-hybridized carbons (Fsp3) is 0.368. The Bertz CT molecular complexity index is 601. The summed E-state index contributed by atoms with van der Waals surface area (Å²) in [5, 5.41) is 0. The van der Waals surface area contributed by atoms with Crippen molar-refractivity contribution in [1.29, 1.82) is 0 Å². The number of benzene rings is 1. The number of ether oxygens (including phenoxy) is 2. The van der Waals surface area contributed by atoms with E-state index in [1.165, 1.54) is 0 Å². The summed E-state index contributed by atoms with van der Waals surface area (Å²) >= 11 is 0. The van der Waals surface area contributed by atoms with Crippen molar-refractivity contribution in [2.45, 2.75) is 26.2 Å². The number of hydrogen-bond acceptors (Lipinski definition) is 4. The van der Waals surface area contributed by atoms with E-state index in [0.717, 1.165) is 37.6 Å². The van der Waals surface area contributed by atoms with E-state index in [1.807, 2.05) is 24.3 Å². The SMILES string of the molecule is CC1CC=CC(C=O)=C1OCCCCOc1ccccc1C=O. The molecule has 1 aliphatic carbocycles. The number of carbonyl (C=O) groups is 2. The lowest BCUT2D eigenvalue weighted by atomic mass is 9.96. The van der Waals surface area contributed by atoms with Crippen LogP contribution in [0.2, 0.25) is 0 Å². The predicted molar refractivity (Wildman–Crippen MR) is 88.5 cm³/mol. The maximum absolute atomic E-state index is 11.0. The Morgan fingerprint density at radius 3 is 2.57 bits per heavy atom. The molecule has 0 amide bonds. The van der Waals surface area contributed by atoms with Crippen LogP contribution in [0.15, 0.2) is 47.7 Å². The molecule has 0 saturated heterocycles. The highest BCUT2D eigenvalue weighted by Crippen LogP contribution is 2.25. The van der Waals surface area contributed by atoms with Crippen molar-refractivity contribution in [2.75, 3.05) is 13.2 Å². The van der Waals surface area contributed by atoms with Crippen LogP contribution in [0.4, 0.5) is 0 Å². The molecule has 1 aromatic carbocycles. The number of unbranched alkanes of at least 4 members (excludes halogenated alkanes) is 1. The molecule has 2 rings (SSSR count). The molecule has 4 nitrogen and oxygen atoms in total. The lowest BCUT2D eigenvalue weighted by Crippen LogP contribution is -2.11. The molecule has 0 aliphatic heterocycles. The minimum atomic E-state index is 0.246. The minimum absolute atomic E-state index is 0.246.